The molecule has 1 aliphatic rings. The van der Waals surface area contributed by atoms with Crippen molar-refractivity contribution < 1.29 is 4.79 Å². The quantitative estimate of drug-likeness (QED) is 0.776. The number of carbonyl (C=O) groups excluding carboxylic acids is 1. The summed E-state index contributed by atoms with van der Waals surface area (Å²) in [5, 5.41) is 5.98. The number of amides is 1. The zero-order chi connectivity index (χ0) is 12.3. The van der Waals surface area contributed by atoms with Crippen molar-refractivity contribution in [1.29, 1.82) is 0 Å². The Morgan fingerprint density at radius 1 is 1.59 bits per heavy atom. The predicted molar refractivity (Wildman–Crippen MR) is 65.9 cm³/mol. The first-order valence-corrected chi connectivity index (χ1v) is 5.85. The zero-order valence-corrected chi connectivity index (χ0v) is 9.90. The van der Waals surface area contributed by atoms with Gasteiger partial charge in [0, 0.05) is 31.5 Å². The van der Waals surface area contributed by atoms with Crippen LogP contribution in [0.1, 0.15) is 12.8 Å². The van der Waals surface area contributed by atoms with Gasteiger partial charge in [0.25, 0.3) is 5.56 Å². The highest BCUT2D eigenvalue weighted by Gasteiger charge is 2.20. The summed E-state index contributed by atoms with van der Waals surface area (Å²) in [6.45, 7) is 1.70. The minimum atomic E-state index is -0.121. The fraction of sp³-hybridized carbons (Fsp3) is 0.500. The zero-order valence-electron chi connectivity index (χ0n) is 9.90. The third-order valence-electron chi connectivity index (χ3n) is 3.04. The van der Waals surface area contributed by atoms with Gasteiger partial charge in [0.2, 0.25) is 5.91 Å². The van der Waals surface area contributed by atoms with Crippen molar-refractivity contribution in [3.05, 3.63) is 28.7 Å². The molecular weight excluding hydrogens is 218 g/mol. The van der Waals surface area contributed by atoms with Crippen molar-refractivity contribution in [2.75, 3.05) is 18.4 Å². The molecule has 0 aliphatic carbocycles. The monoisotopic (exact) mass is 235 g/mol. The lowest BCUT2D eigenvalue weighted by Crippen LogP contribution is -2.37. The van der Waals surface area contributed by atoms with Crippen LogP contribution in [0.5, 0.6) is 0 Å². The van der Waals surface area contributed by atoms with Crippen LogP contribution in [0.25, 0.3) is 0 Å². The number of carbonyl (C=O) groups is 1. The highest BCUT2D eigenvalue weighted by atomic mass is 16.2. The van der Waals surface area contributed by atoms with Gasteiger partial charge in [-0.05, 0) is 25.5 Å². The van der Waals surface area contributed by atoms with Crippen LogP contribution in [0.15, 0.2) is 23.1 Å². The molecule has 0 saturated carbocycles. The molecule has 92 valence electrons. The molecule has 1 amide bonds. The van der Waals surface area contributed by atoms with Crippen LogP contribution in [0.4, 0.5) is 5.69 Å². The van der Waals surface area contributed by atoms with E-state index in [4.69, 9.17) is 0 Å². The molecular formula is C12H17N3O2. The van der Waals surface area contributed by atoms with Gasteiger partial charge < -0.3 is 15.2 Å². The van der Waals surface area contributed by atoms with Crippen LogP contribution >= 0.6 is 0 Å². The van der Waals surface area contributed by atoms with Crippen LogP contribution in [0.2, 0.25) is 0 Å². The maximum atomic E-state index is 11.9. The minimum absolute atomic E-state index is 0.00723. The maximum absolute atomic E-state index is 11.9. The molecule has 1 aromatic heterocycles. The van der Waals surface area contributed by atoms with Gasteiger partial charge in [0.05, 0.1) is 5.92 Å². The van der Waals surface area contributed by atoms with Gasteiger partial charge in [0.1, 0.15) is 0 Å². The number of piperidine rings is 1. The van der Waals surface area contributed by atoms with Gasteiger partial charge in [-0.1, -0.05) is 0 Å². The molecule has 0 spiro atoms. The number of hydrogen-bond acceptors (Lipinski definition) is 3. The fourth-order valence-corrected chi connectivity index (χ4v) is 1.95. The second-order valence-corrected chi connectivity index (χ2v) is 4.40. The lowest BCUT2D eigenvalue weighted by Gasteiger charge is -2.21. The van der Waals surface area contributed by atoms with E-state index in [2.05, 4.69) is 10.6 Å². The standard InChI is InChI=1S/C12H17N3O2/c1-15-6-4-10(7-11(15)16)14-12(17)9-3-2-5-13-8-9/h4,6-7,9,13H,2-3,5,8H2,1H3,(H,14,17). The molecule has 5 nitrogen and oxygen atoms in total. The Balaban J connectivity index is 2.02. The first-order valence-electron chi connectivity index (χ1n) is 5.85. The third-order valence-corrected chi connectivity index (χ3v) is 3.04. The summed E-state index contributed by atoms with van der Waals surface area (Å²) in [4.78, 5) is 23.3. The molecule has 1 unspecified atom stereocenters. The lowest BCUT2D eigenvalue weighted by molar-refractivity contribution is -0.120. The van der Waals surface area contributed by atoms with Crippen molar-refractivity contribution >= 4 is 11.6 Å². The number of aromatic nitrogens is 1. The van der Waals surface area contributed by atoms with Gasteiger partial charge in [-0.15, -0.1) is 0 Å². The number of pyridine rings is 1. The number of nitrogens with zero attached hydrogens (tertiary/aromatic N) is 1. The molecule has 2 rings (SSSR count). The normalized spacial score (nSPS) is 19.9. The lowest BCUT2D eigenvalue weighted by atomic mass is 9.99. The molecule has 1 atom stereocenters. The second-order valence-electron chi connectivity index (χ2n) is 4.40. The maximum Gasteiger partial charge on any atom is 0.252 e. The Morgan fingerprint density at radius 2 is 2.41 bits per heavy atom. The van der Waals surface area contributed by atoms with Gasteiger partial charge >= 0.3 is 0 Å². The van der Waals surface area contributed by atoms with Gasteiger partial charge in [-0.25, -0.2) is 0 Å². The first kappa shape index (κ1) is 11.9. The number of hydrogen-bond donors (Lipinski definition) is 2. The summed E-state index contributed by atoms with van der Waals surface area (Å²) in [5.41, 5.74) is 0.452. The summed E-state index contributed by atoms with van der Waals surface area (Å²) in [6.07, 6.45) is 3.58. The van der Waals surface area contributed by atoms with E-state index in [-0.39, 0.29) is 17.4 Å². The van der Waals surface area contributed by atoms with Crippen molar-refractivity contribution in [2.24, 2.45) is 13.0 Å². The van der Waals surface area contributed by atoms with Crippen LogP contribution in [0, 0.1) is 5.92 Å². The fourth-order valence-electron chi connectivity index (χ4n) is 1.95. The molecule has 2 heterocycles. The van der Waals surface area contributed by atoms with Gasteiger partial charge in [-0.3, -0.25) is 9.59 Å². The molecule has 1 aromatic rings. The second kappa shape index (κ2) is 5.14. The Kier molecular flexibility index (Phi) is 3.58. The van der Waals surface area contributed by atoms with E-state index in [0.717, 1.165) is 25.9 Å². The Bertz CT molecular complexity index is 461. The first-order chi connectivity index (χ1) is 8.16. The molecule has 0 radical (unpaired) electrons. The number of anilines is 1. The van der Waals surface area contributed by atoms with Crippen LogP contribution in [-0.2, 0) is 11.8 Å². The van der Waals surface area contributed by atoms with Crippen LogP contribution in [-0.4, -0.2) is 23.6 Å². The molecule has 0 bridgehead atoms. The molecule has 17 heavy (non-hydrogen) atoms. The van der Waals surface area contributed by atoms with Crippen molar-refractivity contribution in [3.8, 4) is 0 Å². The summed E-state index contributed by atoms with van der Waals surface area (Å²) < 4.78 is 1.47. The Hall–Kier alpha value is -1.62. The summed E-state index contributed by atoms with van der Waals surface area (Å²) in [7, 11) is 1.68. The number of aryl methyl sites for hydroxylation is 1. The molecule has 2 N–H and O–H groups in total. The average molecular weight is 235 g/mol. The van der Waals surface area contributed by atoms with Crippen molar-refractivity contribution in [3.63, 3.8) is 0 Å². The topological polar surface area (TPSA) is 63.1 Å². The minimum Gasteiger partial charge on any atom is -0.326 e. The Labute approximate surface area is 99.8 Å². The highest BCUT2D eigenvalue weighted by molar-refractivity contribution is 5.92. The van der Waals surface area contributed by atoms with Crippen molar-refractivity contribution in [2.45, 2.75) is 12.8 Å². The summed E-state index contributed by atoms with van der Waals surface area (Å²) in [6, 6.07) is 3.17. The molecule has 5 heteroatoms. The van der Waals surface area contributed by atoms with E-state index in [1.54, 1.807) is 19.3 Å². The van der Waals surface area contributed by atoms with E-state index < -0.39 is 0 Å². The largest absolute Gasteiger partial charge is 0.326 e. The smallest absolute Gasteiger partial charge is 0.252 e. The van der Waals surface area contributed by atoms with Crippen LogP contribution < -0.4 is 16.2 Å². The predicted octanol–water partition coefficient (Wildman–Crippen LogP) is 0.323. The Morgan fingerprint density at radius 3 is 3.06 bits per heavy atom. The van der Waals surface area contributed by atoms with E-state index in [9.17, 15) is 9.59 Å². The number of nitrogens with one attached hydrogen (secondary N) is 2. The van der Waals surface area contributed by atoms with E-state index in [0.29, 0.717) is 5.69 Å². The number of rotatable bonds is 2. The van der Waals surface area contributed by atoms with Crippen LogP contribution in [0.3, 0.4) is 0 Å². The van der Waals surface area contributed by atoms with E-state index in [1.807, 2.05) is 0 Å². The van der Waals surface area contributed by atoms with E-state index in [1.165, 1.54) is 10.6 Å². The molecule has 1 aliphatic heterocycles. The highest BCUT2D eigenvalue weighted by Crippen LogP contribution is 2.12. The summed E-state index contributed by atoms with van der Waals surface area (Å²) in [5.74, 6) is -0.00161. The average Bonchev–Trinajstić information content (AvgIpc) is 2.35. The molecule has 0 aromatic carbocycles. The van der Waals surface area contributed by atoms with Gasteiger partial charge in [-0.2, -0.15) is 0 Å². The van der Waals surface area contributed by atoms with E-state index >= 15 is 0 Å². The SMILES string of the molecule is Cn1ccc(NC(=O)C2CCCNC2)cc1=O. The van der Waals surface area contributed by atoms with Crippen molar-refractivity contribution in [1.82, 2.24) is 9.88 Å². The third kappa shape index (κ3) is 2.94. The van der Waals surface area contributed by atoms with Gasteiger partial charge in [0.15, 0.2) is 0 Å². The molecule has 1 saturated heterocycles. The summed E-state index contributed by atoms with van der Waals surface area (Å²) >= 11 is 0. The molecule has 1 fully saturated rings.